The molecule has 16 heavy (non-hydrogen) atoms. The van der Waals surface area contributed by atoms with Crippen molar-refractivity contribution in [3.8, 4) is 0 Å². The highest BCUT2D eigenvalue weighted by molar-refractivity contribution is 5.74. The fourth-order valence-electron chi connectivity index (χ4n) is 2.63. The maximum Gasteiger partial charge on any atom is 0.410 e. The van der Waals surface area contributed by atoms with Crippen molar-refractivity contribution in [2.45, 2.75) is 50.7 Å². The summed E-state index contributed by atoms with van der Waals surface area (Å²) in [4.78, 5) is 24.1. The van der Waals surface area contributed by atoms with E-state index in [2.05, 4.69) is 0 Å². The predicted molar refractivity (Wildman–Crippen MR) is 56.1 cm³/mol. The summed E-state index contributed by atoms with van der Waals surface area (Å²) in [5, 5.41) is 8.77. The number of carbonyl (C=O) groups excluding carboxylic acids is 1. The van der Waals surface area contributed by atoms with E-state index in [4.69, 9.17) is 9.84 Å². The molecular weight excluding hydrogens is 210 g/mol. The largest absolute Gasteiger partial charge is 0.481 e. The summed E-state index contributed by atoms with van der Waals surface area (Å²) in [7, 11) is 0. The van der Waals surface area contributed by atoms with Crippen LogP contribution in [0.25, 0.3) is 0 Å². The van der Waals surface area contributed by atoms with Crippen LogP contribution in [-0.2, 0) is 9.53 Å². The summed E-state index contributed by atoms with van der Waals surface area (Å²) < 4.78 is 5.19. The fourth-order valence-corrected chi connectivity index (χ4v) is 2.63. The van der Waals surface area contributed by atoms with Gasteiger partial charge >= 0.3 is 12.1 Å². The SMILES string of the molecule is CC1(CC(=O)O)CN(C2CCCC2)C(=O)O1. The Hall–Kier alpha value is -1.26. The number of nitrogens with zero attached hydrogens (tertiary/aromatic N) is 1. The Morgan fingerprint density at radius 3 is 2.75 bits per heavy atom. The number of ether oxygens (including phenoxy) is 1. The van der Waals surface area contributed by atoms with Crippen molar-refractivity contribution >= 4 is 12.1 Å². The lowest BCUT2D eigenvalue weighted by Crippen LogP contribution is -2.38. The number of carbonyl (C=O) groups is 2. The quantitative estimate of drug-likeness (QED) is 0.795. The zero-order valence-electron chi connectivity index (χ0n) is 9.44. The van der Waals surface area contributed by atoms with E-state index in [1.165, 1.54) is 0 Å². The zero-order chi connectivity index (χ0) is 11.8. The lowest BCUT2D eigenvalue weighted by Gasteiger charge is -2.22. The molecule has 5 heteroatoms. The number of cyclic esters (lactones) is 1. The van der Waals surface area contributed by atoms with Gasteiger partial charge in [-0.3, -0.25) is 4.79 Å². The number of aliphatic carboxylic acids is 1. The summed E-state index contributed by atoms with van der Waals surface area (Å²) in [6.07, 6.45) is 3.84. The van der Waals surface area contributed by atoms with E-state index in [-0.39, 0.29) is 18.6 Å². The van der Waals surface area contributed by atoms with E-state index in [0.717, 1.165) is 25.7 Å². The Morgan fingerprint density at radius 2 is 2.19 bits per heavy atom. The summed E-state index contributed by atoms with van der Waals surface area (Å²) in [6, 6.07) is 0.253. The van der Waals surface area contributed by atoms with Gasteiger partial charge in [-0.2, -0.15) is 0 Å². The Labute approximate surface area is 94.4 Å². The first-order valence-electron chi connectivity index (χ1n) is 5.72. The lowest BCUT2D eigenvalue weighted by atomic mass is 10.0. The maximum atomic E-state index is 11.7. The second-order valence-electron chi connectivity index (χ2n) is 4.95. The number of carboxylic acids is 1. The molecule has 2 fully saturated rings. The van der Waals surface area contributed by atoms with Gasteiger partial charge in [0, 0.05) is 6.04 Å². The van der Waals surface area contributed by atoms with Gasteiger partial charge in [0.05, 0.1) is 13.0 Å². The van der Waals surface area contributed by atoms with E-state index in [1.807, 2.05) is 0 Å². The van der Waals surface area contributed by atoms with E-state index < -0.39 is 11.6 Å². The first kappa shape index (κ1) is 11.2. The Morgan fingerprint density at radius 1 is 1.56 bits per heavy atom. The van der Waals surface area contributed by atoms with Crippen molar-refractivity contribution in [2.75, 3.05) is 6.54 Å². The standard InChI is InChI=1S/C11H17NO4/c1-11(6-9(13)14)7-12(10(15)16-11)8-4-2-3-5-8/h8H,2-7H2,1H3,(H,13,14). The molecule has 0 bridgehead atoms. The molecule has 1 unspecified atom stereocenters. The van der Waals surface area contributed by atoms with Crippen LogP contribution in [0, 0.1) is 0 Å². The molecule has 0 aromatic carbocycles. The van der Waals surface area contributed by atoms with Crippen molar-refractivity contribution in [3.05, 3.63) is 0 Å². The highest BCUT2D eigenvalue weighted by Crippen LogP contribution is 2.32. The second-order valence-corrected chi connectivity index (χ2v) is 4.95. The minimum Gasteiger partial charge on any atom is -0.481 e. The normalized spacial score (nSPS) is 30.8. The van der Waals surface area contributed by atoms with Crippen molar-refractivity contribution in [1.29, 1.82) is 0 Å². The molecule has 0 radical (unpaired) electrons. The third kappa shape index (κ3) is 2.13. The minimum atomic E-state index is -0.927. The zero-order valence-corrected chi connectivity index (χ0v) is 9.44. The molecule has 1 saturated heterocycles. The molecule has 2 aliphatic rings. The second kappa shape index (κ2) is 3.96. The van der Waals surface area contributed by atoms with Crippen molar-refractivity contribution in [2.24, 2.45) is 0 Å². The third-order valence-corrected chi connectivity index (χ3v) is 3.36. The highest BCUT2D eigenvalue weighted by Gasteiger charge is 2.45. The summed E-state index contributed by atoms with van der Waals surface area (Å²) in [5.74, 6) is -0.927. The van der Waals surface area contributed by atoms with Crippen LogP contribution in [0.4, 0.5) is 4.79 Å². The monoisotopic (exact) mass is 227 g/mol. The van der Waals surface area contributed by atoms with E-state index in [0.29, 0.717) is 6.54 Å². The van der Waals surface area contributed by atoms with Gasteiger partial charge in [-0.25, -0.2) is 4.79 Å². The molecule has 0 spiro atoms. The van der Waals surface area contributed by atoms with E-state index in [9.17, 15) is 9.59 Å². The molecule has 0 aromatic rings. The number of hydrogen-bond donors (Lipinski definition) is 1. The molecule has 1 N–H and O–H groups in total. The highest BCUT2D eigenvalue weighted by atomic mass is 16.6. The first-order chi connectivity index (χ1) is 7.50. The molecule has 5 nitrogen and oxygen atoms in total. The van der Waals surface area contributed by atoms with Crippen LogP contribution in [-0.4, -0.2) is 40.3 Å². The first-order valence-corrected chi connectivity index (χ1v) is 5.72. The summed E-state index contributed by atoms with van der Waals surface area (Å²) >= 11 is 0. The summed E-state index contributed by atoms with van der Waals surface area (Å²) in [5.41, 5.74) is -0.856. The molecule has 1 heterocycles. The molecular formula is C11H17NO4. The number of rotatable bonds is 3. The molecule has 1 aliphatic heterocycles. The van der Waals surface area contributed by atoms with Crippen LogP contribution >= 0.6 is 0 Å². The smallest absolute Gasteiger partial charge is 0.410 e. The number of amides is 1. The topological polar surface area (TPSA) is 66.8 Å². The Balaban J connectivity index is 2.02. The number of hydrogen-bond acceptors (Lipinski definition) is 3. The predicted octanol–water partition coefficient (Wildman–Crippen LogP) is 1.61. The van der Waals surface area contributed by atoms with Gasteiger partial charge in [0.15, 0.2) is 0 Å². The van der Waals surface area contributed by atoms with E-state index >= 15 is 0 Å². The Bertz CT molecular complexity index is 311. The minimum absolute atomic E-state index is 0.123. The molecule has 2 rings (SSSR count). The van der Waals surface area contributed by atoms with Gasteiger partial charge in [-0.15, -0.1) is 0 Å². The van der Waals surface area contributed by atoms with Crippen LogP contribution in [0.3, 0.4) is 0 Å². The van der Waals surface area contributed by atoms with E-state index in [1.54, 1.807) is 11.8 Å². The third-order valence-electron chi connectivity index (χ3n) is 3.36. The van der Waals surface area contributed by atoms with Gasteiger partial charge in [-0.1, -0.05) is 12.8 Å². The Kier molecular flexibility index (Phi) is 2.78. The lowest BCUT2D eigenvalue weighted by molar-refractivity contribution is -0.140. The van der Waals surface area contributed by atoms with Gasteiger partial charge in [0.1, 0.15) is 5.60 Å². The maximum absolute atomic E-state index is 11.7. The molecule has 1 amide bonds. The van der Waals surface area contributed by atoms with Crippen LogP contribution < -0.4 is 0 Å². The summed E-state index contributed by atoms with van der Waals surface area (Å²) in [6.45, 7) is 2.09. The van der Waals surface area contributed by atoms with Gasteiger partial charge in [-0.05, 0) is 19.8 Å². The van der Waals surface area contributed by atoms with Crippen LogP contribution in [0.2, 0.25) is 0 Å². The number of carboxylic acid groups (broad SMARTS) is 1. The average molecular weight is 227 g/mol. The van der Waals surface area contributed by atoms with Crippen molar-refractivity contribution in [3.63, 3.8) is 0 Å². The van der Waals surface area contributed by atoms with Crippen molar-refractivity contribution < 1.29 is 19.4 Å². The molecule has 0 aromatic heterocycles. The molecule has 90 valence electrons. The van der Waals surface area contributed by atoms with Crippen LogP contribution in [0.1, 0.15) is 39.0 Å². The average Bonchev–Trinajstić information content (AvgIpc) is 2.71. The fraction of sp³-hybridized carbons (Fsp3) is 0.818. The molecule has 1 saturated carbocycles. The van der Waals surface area contributed by atoms with Gasteiger partial charge in [0.2, 0.25) is 0 Å². The van der Waals surface area contributed by atoms with Gasteiger partial charge in [0.25, 0.3) is 0 Å². The molecule has 1 aliphatic carbocycles. The molecule has 1 atom stereocenters. The van der Waals surface area contributed by atoms with Crippen LogP contribution in [0.15, 0.2) is 0 Å². The van der Waals surface area contributed by atoms with Crippen molar-refractivity contribution in [1.82, 2.24) is 4.90 Å². The van der Waals surface area contributed by atoms with Gasteiger partial charge < -0.3 is 14.7 Å². The van der Waals surface area contributed by atoms with Crippen LogP contribution in [0.5, 0.6) is 0 Å².